The van der Waals surface area contributed by atoms with Crippen LogP contribution in [-0.4, -0.2) is 25.4 Å². The van der Waals surface area contributed by atoms with Crippen molar-refractivity contribution in [3.8, 4) is 5.75 Å². The Morgan fingerprint density at radius 3 is 2.32 bits per heavy atom. The van der Waals surface area contributed by atoms with Crippen LogP contribution in [-0.2, 0) is 10.2 Å². The summed E-state index contributed by atoms with van der Waals surface area (Å²) in [6, 6.07) is 8.51. The summed E-state index contributed by atoms with van der Waals surface area (Å²) >= 11 is 0. The van der Waals surface area contributed by atoms with Crippen molar-refractivity contribution in [2.24, 2.45) is 0 Å². The van der Waals surface area contributed by atoms with Gasteiger partial charge in [-0.2, -0.15) is 0 Å². The Hall–Kier alpha value is -1.74. The molecule has 0 spiro atoms. The van der Waals surface area contributed by atoms with E-state index < -0.39 is 0 Å². The van der Waals surface area contributed by atoms with Crippen LogP contribution in [0.3, 0.4) is 0 Å². The number of aliphatic hydroxyl groups is 1. The zero-order valence-corrected chi connectivity index (χ0v) is 13.2. The molecule has 1 aromatic carbocycles. The smallest absolute Gasteiger partial charge is 0.120 e. The van der Waals surface area contributed by atoms with Gasteiger partial charge in [-0.3, -0.25) is 0 Å². The van der Waals surface area contributed by atoms with Crippen molar-refractivity contribution in [1.82, 2.24) is 0 Å². The largest absolute Gasteiger partial charge is 0.497 e. The van der Waals surface area contributed by atoms with Gasteiger partial charge in [0.05, 0.1) is 13.7 Å². The third-order valence-corrected chi connectivity index (χ3v) is 4.86. The van der Waals surface area contributed by atoms with E-state index >= 15 is 0 Å². The van der Waals surface area contributed by atoms with E-state index in [1.807, 2.05) is 0 Å². The predicted octanol–water partition coefficient (Wildman–Crippen LogP) is 3.73. The molecule has 0 saturated heterocycles. The molecule has 3 nitrogen and oxygen atoms in total. The van der Waals surface area contributed by atoms with Crippen LogP contribution in [0.25, 0.3) is 0 Å². The van der Waals surface area contributed by atoms with E-state index in [-0.39, 0.29) is 12.0 Å². The van der Waals surface area contributed by atoms with Crippen molar-refractivity contribution in [3.63, 3.8) is 0 Å². The fourth-order valence-corrected chi connectivity index (χ4v) is 3.63. The van der Waals surface area contributed by atoms with Gasteiger partial charge in [0.2, 0.25) is 0 Å². The van der Waals surface area contributed by atoms with Crippen molar-refractivity contribution in [2.45, 2.75) is 37.5 Å². The average molecular weight is 300 g/mol. The molecule has 118 valence electrons. The molecule has 2 aliphatic rings. The molecular weight excluding hydrogens is 276 g/mol. The fourth-order valence-electron chi connectivity index (χ4n) is 3.63. The quantitative estimate of drug-likeness (QED) is 0.870. The van der Waals surface area contributed by atoms with Crippen LogP contribution < -0.4 is 4.74 Å². The van der Waals surface area contributed by atoms with Crippen LogP contribution >= 0.6 is 0 Å². The van der Waals surface area contributed by atoms with E-state index in [1.54, 1.807) is 7.11 Å². The Kier molecular flexibility index (Phi) is 4.53. The molecule has 3 heteroatoms. The summed E-state index contributed by atoms with van der Waals surface area (Å²) in [4.78, 5) is 0. The number of allylic oxidation sites excluding steroid dienone is 3. The number of benzene rings is 1. The highest BCUT2D eigenvalue weighted by Crippen LogP contribution is 2.48. The highest BCUT2D eigenvalue weighted by Gasteiger charge is 2.39. The van der Waals surface area contributed by atoms with Gasteiger partial charge in [-0.05, 0) is 48.3 Å². The van der Waals surface area contributed by atoms with Gasteiger partial charge in [-0.1, -0.05) is 31.4 Å². The van der Waals surface area contributed by atoms with Gasteiger partial charge in [0, 0.05) is 5.41 Å². The molecule has 0 atom stereocenters. The zero-order chi connectivity index (χ0) is 15.4. The molecule has 22 heavy (non-hydrogen) atoms. The molecule has 0 radical (unpaired) electrons. The molecule has 0 amide bonds. The lowest BCUT2D eigenvalue weighted by Gasteiger charge is -2.41. The molecule has 0 bridgehead atoms. The summed E-state index contributed by atoms with van der Waals surface area (Å²) in [6.07, 6.45) is 10.5. The van der Waals surface area contributed by atoms with Gasteiger partial charge < -0.3 is 14.6 Å². The maximum absolute atomic E-state index is 8.84. The second-order valence-electron chi connectivity index (χ2n) is 6.09. The average Bonchev–Trinajstić information content (AvgIpc) is 2.54. The van der Waals surface area contributed by atoms with Gasteiger partial charge in [0.1, 0.15) is 18.1 Å². The first-order valence-corrected chi connectivity index (χ1v) is 8.10. The molecule has 0 heterocycles. The first-order chi connectivity index (χ1) is 10.8. The summed E-state index contributed by atoms with van der Waals surface area (Å²) in [5.41, 5.74) is 2.86. The maximum atomic E-state index is 8.84. The number of methoxy groups -OCH3 is 1. The molecule has 1 saturated carbocycles. The summed E-state index contributed by atoms with van der Waals surface area (Å²) in [5.74, 6) is 1.79. The third-order valence-electron chi connectivity index (χ3n) is 4.86. The number of hydrogen-bond acceptors (Lipinski definition) is 3. The van der Waals surface area contributed by atoms with Crippen LogP contribution in [0, 0.1) is 0 Å². The predicted molar refractivity (Wildman–Crippen MR) is 87.0 cm³/mol. The Balaban J connectivity index is 1.83. The Labute approximate surface area is 132 Å². The van der Waals surface area contributed by atoms with Crippen molar-refractivity contribution < 1.29 is 14.6 Å². The molecule has 0 unspecified atom stereocenters. The van der Waals surface area contributed by atoms with Crippen molar-refractivity contribution >= 4 is 0 Å². The lowest BCUT2D eigenvalue weighted by Crippen LogP contribution is -2.33. The van der Waals surface area contributed by atoms with E-state index in [0.717, 1.165) is 11.5 Å². The van der Waals surface area contributed by atoms with Crippen LogP contribution in [0.2, 0.25) is 0 Å². The van der Waals surface area contributed by atoms with Gasteiger partial charge in [-0.25, -0.2) is 0 Å². The van der Waals surface area contributed by atoms with Crippen LogP contribution in [0.4, 0.5) is 0 Å². The molecule has 1 N–H and O–H groups in total. The van der Waals surface area contributed by atoms with Crippen LogP contribution in [0.15, 0.2) is 47.7 Å². The fraction of sp³-hybridized carbons (Fsp3) is 0.474. The number of rotatable bonds is 6. The van der Waals surface area contributed by atoms with Gasteiger partial charge in [-0.15, -0.1) is 0 Å². The molecule has 1 fully saturated rings. The Bertz CT molecular complexity index is 563. The van der Waals surface area contributed by atoms with Gasteiger partial charge in [0.25, 0.3) is 0 Å². The Morgan fingerprint density at radius 2 is 1.73 bits per heavy atom. The first kappa shape index (κ1) is 15.2. The second-order valence-corrected chi connectivity index (χ2v) is 6.09. The van der Waals surface area contributed by atoms with Gasteiger partial charge >= 0.3 is 0 Å². The number of ether oxygens (including phenoxy) is 2. The monoisotopic (exact) mass is 300 g/mol. The van der Waals surface area contributed by atoms with Crippen molar-refractivity contribution in [3.05, 3.63) is 53.3 Å². The number of aliphatic hydroxyl groups excluding tert-OH is 1. The first-order valence-electron chi connectivity index (χ1n) is 8.10. The SMILES string of the molecule is COc1ccc(C2(C3=CC(OCCO)=C3)CCCCC2)cc1. The molecule has 1 aromatic rings. The molecule has 0 aromatic heterocycles. The lowest BCUT2D eigenvalue weighted by molar-refractivity contribution is 0.148. The maximum Gasteiger partial charge on any atom is 0.120 e. The summed E-state index contributed by atoms with van der Waals surface area (Å²) < 4.78 is 10.8. The molecule has 2 aliphatic carbocycles. The summed E-state index contributed by atoms with van der Waals surface area (Å²) in [7, 11) is 1.70. The number of hydrogen-bond donors (Lipinski definition) is 1. The summed E-state index contributed by atoms with van der Waals surface area (Å²) in [5, 5.41) is 8.84. The lowest BCUT2D eigenvalue weighted by atomic mass is 9.63. The Morgan fingerprint density at radius 1 is 1.05 bits per heavy atom. The van der Waals surface area contributed by atoms with E-state index in [9.17, 15) is 0 Å². The van der Waals surface area contributed by atoms with Crippen molar-refractivity contribution in [2.75, 3.05) is 20.3 Å². The van der Waals surface area contributed by atoms with Crippen LogP contribution in [0.5, 0.6) is 5.75 Å². The van der Waals surface area contributed by atoms with E-state index in [0.29, 0.717) is 6.61 Å². The molecule has 0 aliphatic heterocycles. The van der Waals surface area contributed by atoms with Crippen molar-refractivity contribution in [1.29, 1.82) is 0 Å². The van der Waals surface area contributed by atoms with E-state index in [2.05, 4.69) is 36.4 Å². The third kappa shape index (κ3) is 2.78. The van der Waals surface area contributed by atoms with E-state index in [4.69, 9.17) is 14.6 Å². The normalized spacial score (nSPS) is 19.7. The topological polar surface area (TPSA) is 38.7 Å². The molecule has 3 rings (SSSR count). The highest BCUT2D eigenvalue weighted by molar-refractivity contribution is 5.52. The van der Waals surface area contributed by atoms with E-state index in [1.165, 1.54) is 43.2 Å². The minimum atomic E-state index is 0.0597. The zero-order valence-electron chi connectivity index (χ0n) is 13.2. The van der Waals surface area contributed by atoms with Crippen LogP contribution in [0.1, 0.15) is 37.7 Å². The molecular formula is C19H24O3. The highest BCUT2D eigenvalue weighted by atomic mass is 16.5. The van der Waals surface area contributed by atoms with Gasteiger partial charge in [0.15, 0.2) is 0 Å². The standard InChI is InChI=1S/C19H24O3/c1-21-17-7-5-15(6-8-17)19(9-3-2-4-10-19)16-13-18(14-16)22-12-11-20/h5-8,13-14,20H,2-4,9-12H2,1H3. The minimum absolute atomic E-state index is 0.0597. The minimum Gasteiger partial charge on any atom is -0.497 e. The second kappa shape index (κ2) is 6.57. The summed E-state index contributed by atoms with van der Waals surface area (Å²) in [6.45, 7) is 0.426.